The summed E-state index contributed by atoms with van der Waals surface area (Å²) in [6.07, 6.45) is 0.326. The molecule has 2 amide bonds. The number of ether oxygens (including phenoxy) is 1. The molecule has 0 saturated heterocycles. The first-order chi connectivity index (χ1) is 18.9. The highest BCUT2D eigenvalue weighted by atomic mass is 35.5. The van der Waals surface area contributed by atoms with Gasteiger partial charge in [-0.15, -0.1) is 0 Å². The Morgan fingerprint density at radius 2 is 1.62 bits per heavy atom. The van der Waals surface area contributed by atoms with Gasteiger partial charge in [-0.3, -0.25) is 13.9 Å². The first kappa shape index (κ1) is 31.0. The Hall–Kier alpha value is -3.56. The van der Waals surface area contributed by atoms with Crippen LogP contribution in [0.3, 0.4) is 0 Å². The number of carbonyl (C=O) groups is 2. The predicted octanol–water partition coefficient (Wildman–Crippen LogP) is 5.27. The number of carbonyl (C=O) groups excluding carboxylic acids is 2. The van der Waals surface area contributed by atoms with Crippen LogP contribution in [0.1, 0.15) is 39.7 Å². The molecular weight excluding hydrogens is 550 g/mol. The zero-order valence-corrected chi connectivity index (χ0v) is 25.0. The lowest BCUT2D eigenvalue weighted by atomic mass is 10.1. The van der Waals surface area contributed by atoms with E-state index >= 15 is 0 Å². The molecular formula is C30H36ClN3O5S. The molecule has 0 aliphatic heterocycles. The molecule has 0 aliphatic rings. The van der Waals surface area contributed by atoms with Gasteiger partial charge in [0.1, 0.15) is 18.3 Å². The molecule has 0 radical (unpaired) electrons. The van der Waals surface area contributed by atoms with E-state index in [1.165, 1.54) is 23.1 Å². The average molecular weight is 586 g/mol. The number of halogens is 1. The average Bonchev–Trinajstić information content (AvgIpc) is 2.91. The SMILES string of the molecule is CC[C@H](C(=O)NC(C)(C)C)N(Cc1ccc(OC)cc1)C(=O)CN(c1cccc(Cl)c1)S(=O)(=O)c1ccccc1. The van der Waals surface area contributed by atoms with Crippen LogP contribution in [0.2, 0.25) is 5.02 Å². The van der Waals surface area contributed by atoms with E-state index in [4.69, 9.17) is 16.3 Å². The summed E-state index contributed by atoms with van der Waals surface area (Å²) in [7, 11) is -2.59. The molecule has 3 aromatic rings. The van der Waals surface area contributed by atoms with E-state index in [1.807, 2.05) is 39.8 Å². The number of rotatable bonds is 11. The molecule has 10 heteroatoms. The molecule has 3 aromatic carbocycles. The molecule has 0 bridgehead atoms. The Kier molecular flexibility index (Phi) is 10.2. The second-order valence-corrected chi connectivity index (χ2v) is 12.6. The van der Waals surface area contributed by atoms with Crippen molar-refractivity contribution in [3.05, 3.63) is 89.4 Å². The fraction of sp³-hybridized carbons (Fsp3) is 0.333. The molecule has 40 heavy (non-hydrogen) atoms. The van der Waals surface area contributed by atoms with Crippen molar-refractivity contribution in [3.63, 3.8) is 0 Å². The number of benzene rings is 3. The van der Waals surface area contributed by atoms with Crippen molar-refractivity contribution in [2.24, 2.45) is 0 Å². The van der Waals surface area contributed by atoms with Gasteiger partial charge in [0.25, 0.3) is 10.0 Å². The number of hydrogen-bond acceptors (Lipinski definition) is 5. The van der Waals surface area contributed by atoms with Crippen LogP contribution in [-0.2, 0) is 26.2 Å². The second kappa shape index (κ2) is 13.2. The van der Waals surface area contributed by atoms with Gasteiger partial charge in [0, 0.05) is 17.1 Å². The summed E-state index contributed by atoms with van der Waals surface area (Å²) in [5, 5.41) is 3.28. The summed E-state index contributed by atoms with van der Waals surface area (Å²) in [5.74, 6) is -0.205. The molecule has 0 fully saturated rings. The maximum Gasteiger partial charge on any atom is 0.264 e. The van der Waals surface area contributed by atoms with Gasteiger partial charge in [-0.25, -0.2) is 8.42 Å². The molecule has 0 unspecified atom stereocenters. The smallest absolute Gasteiger partial charge is 0.264 e. The fourth-order valence-electron chi connectivity index (χ4n) is 4.18. The quantitative estimate of drug-likeness (QED) is 0.331. The third kappa shape index (κ3) is 7.99. The molecule has 0 aromatic heterocycles. The van der Waals surface area contributed by atoms with Gasteiger partial charge in [-0.2, -0.15) is 0 Å². The van der Waals surface area contributed by atoms with Crippen LogP contribution < -0.4 is 14.4 Å². The minimum atomic E-state index is -4.15. The van der Waals surface area contributed by atoms with Crippen LogP contribution in [-0.4, -0.2) is 50.4 Å². The van der Waals surface area contributed by atoms with E-state index in [0.29, 0.717) is 17.2 Å². The van der Waals surface area contributed by atoms with E-state index in [9.17, 15) is 18.0 Å². The lowest BCUT2D eigenvalue weighted by Gasteiger charge is -2.34. The van der Waals surface area contributed by atoms with E-state index < -0.39 is 34.1 Å². The molecule has 3 rings (SSSR count). The molecule has 0 heterocycles. The normalized spacial score (nSPS) is 12.3. The van der Waals surface area contributed by atoms with Crippen molar-refractivity contribution in [1.82, 2.24) is 10.2 Å². The van der Waals surface area contributed by atoms with E-state index in [-0.39, 0.29) is 23.0 Å². The summed E-state index contributed by atoms with van der Waals surface area (Å²) in [6.45, 7) is 6.96. The highest BCUT2D eigenvalue weighted by Crippen LogP contribution is 2.27. The Balaban J connectivity index is 2.06. The molecule has 0 saturated carbocycles. The van der Waals surface area contributed by atoms with Gasteiger partial charge >= 0.3 is 0 Å². The molecule has 1 N–H and O–H groups in total. The van der Waals surface area contributed by atoms with Crippen molar-refractivity contribution in [2.75, 3.05) is 18.0 Å². The number of methoxy groups -OCH3 is 1. The van der Waals surface area contributed by atoms with Gasteiger partial charge in [0.15, 0.2) is 0 Å². The fourth-order valence-corrected chi connectivity index (χ4v) is 5.79. The van der Waals surface area contributed by atoms with Gasteiger partial charge in [0.2, 0.25) is 11.8 Å². The van der Waals surface area contributed by atoms with E-state index in [0.717, 1.165) is 9.87 Å². The summed E-state index contributed by atoms with van der Waals surface area (Å²) >= 11 is 6.21. The van der Waals surface area contributed by atoms with Gasteiger partial charge in [0.05, 0.1) is 17.7 Å². The Bertz CT molecular complexity index is 1410. The Labute approximate surface area is 241 Å². The number of hydrogen-bond donors (Lipinski definition) is 1. The second-order valence-electron chi connectivity index (χ2n) is 10.3. The third-order valence-electron chi connectivity index (χ3n) is 6.10. The first-order valence-corrected chi connectivity index (χ1v) is 14.8. The molecule has 0 aliphatic carbocycles. The predicted molar refractivity (Wildman–Crippen MR) is 158 cm³/mol. The zero-order valence-electron chi connectivity index (χ0n) is 23.4. The minimum Gasteiger partial charge on any atom is -0.497 e. The third-order valence-corrected chi connectivity index (χ3v) is 8.13. The summed E-state index contributed by atoms with van der Waals surface area (Å²) in [6, 6.07) is 20.5. The van der Waals surface area contributed by atoms with Gasteiger partial charge in [-0.1, -0.05) is 54.9 Å². The summed E-state index contributed by atoms with van der Waals surface area (Å²) < 4.78 is 33.9. The molecule has 0 spiro atoms. The van der Waals surface area contributed by atoms with Crippen molar-refractivity contribution in [3.8, 4) is 5.75 Å². The molecule has 214 valence electrons. The molecule has 8 nitrogen and oxygen atoms in total. The topological polar surface area (TPSA) is 96.0 Å². The van der Waals surface area contributed by atoms with Crippen LogP contribution in [0.4, 0.5) is 5.69 Å². The number of amides is 2. The monoisotopic (exact) mass is 585 g/mol. The van der Waals surface area contributed by atoms with Crippen molar-refractivity contribution in [1.29, 1.82) is 0 Å². The van der Waals surface area contributed by atoms with Crippen molar-refractivity contribution >= 4 is 39.1 Å². The zero-order chi connectivity index (χ0) is 29.5. The Morgan fingerprint density at radius 3 is 2.17 bits per heavy atom. The van der Waals surface area contributed by atoms with Crippen LogP contribution in [0.15, 0.2) is 83.8 Å². The number of sulfonamides is 1. The standard InChI is InChI=1S/C30H36ClN3O5S/c1-6-27(29(36)32-30(2,3)4)33(20-22-15-17-25(39-5)18-16-22)28(35)21-34(24-12-10-11-23(31)19-24)40(37,38)26-13-8-7-9-14-26/h7-19,27H,6,20-21H2,1-5H3,(H,32,36)/t27-/m1/s1. The van der Waals surface area contributed by atoms with Crippen LogP contribution in [0.5, 0.6) is 5.75 Å². The van der Waals surface area contributed by atoms with Gasteiger partial charge in [-0.05, 0) is 75.2 Å². The maximum absolute atomic E-state index is 14.1. The number of anilines is 1. The summed E-state index contributed by atoms with van der Waals surface area (Å²) in [4.78, 5) is 28.9. The van der Waals surface area contributed by atoms with Crippen LogP contribution in [0, 0.1) is 0 Å². The number of nitrogens with zero attached hydrogens (tertiary/aromatic N) is 2. The first-order valence-electron chi connectivity index (χ1n) is 12.9. The van der Waals surface area contributed by atoms with E-state index in [1.54, 1.807) is 55.6 Å². The van der Waals surface area contributed by atoms with Gasteiger partial charge < -0.3 is 15.0 Å². The largest absolute Gasteiger partial charge is 0.497 e. The summed E-state index contributed by atoms with van der Waals surface area (Å²) in [5.41, 5.74) is 0.473. The highest BCUT2D eigenvalue weighted by Gasteiger charge is 2.34. The van der Waals surface area contributed by atoms with Crippen LogP contribution >= 0.6 is 11.6 Å². The Morgan fingerprint density at radius 1 is 0.975 bits per heavy atom. The van der Waals surface area contributed by atoms with Crippen molar-refractivity contribution < 1.29 is 22.7 Å². The van der Waals surface area contributed by atoms with E-state index in [2.05, 4.69) is 5.32 Å². The van der Waals surface area contributed by atoms with Crippen LogP contribution in [0.25, 0.3) is 0 Å². The molecule has 1 atom stereocenters. The minimum absolute atomic E-state index is 0.0296. The lowest BCUT2D eigenvalue weighted by Crippen LogP contribution is -2.55. The van der Waals surface area contributed by atoms with Crippen molar-refractivity contribution in [2.45, 2.75) is 57.1 Å². The lowest BCUT2D eigenvalue weighted by molar-refractivity contribution is -0.141. The maximum atomic E-state index is 14.1. The number of nitrogens with one attached hydrogen (secondary N) is 1. The highest BCUT2D eigenvalue weighted by molar-refractivity contribution is 7.92.